The van der Waals surface area contributed by atoms with Gasteiger partial charge < -0.3 is 10.2 Å². The quantitative estimate of drug-likeness (QED) is 0.790. The summed E-state index contributed by atoms with van der Waals surface area (Å²) in [6, 6.07) is 8.90. The minimum absolute atomic E-state index is 0.106. The average Bonchev–Trinajstić information content (AvgIpc) is 3.12. The maximum atomic E-state index is 12.6. The SMILES string of the molecule is CC(C(=O)Nc1ccc(Cl)cc1Cl)N(C)CC1CCCN1c1cccnn1. The predicted octanol–water partition coefficient (Wildman–Crippen LogP) is 3.71. The molecule has 8 heteroatoms. The lowest BCUT2D eigenvalue weighted by molar-refractivity contribution is -0.120. The van der Waals surface area contributed by atoms with Gasteiger partial charge in [0.15, 0.2) is 5.82 Å². The second kappa shape index (κ2) is 8.87. The highest BCUT2D eigenvalue weighted by atomic mass is 35.5. The molecule has 3 rings (SSSR count). The van der Waals surface area contributed by atoms with E-state index in [0.29, 0.717) is 21.8 Å². The van der Waals surface area contributed by atoms with Crippen LogP contribution in [0.25, 0.3) is 0 Å². The van der Waals surface area contributed by atoms with Crippen molar-refractivity contribution in [2.45, 2.75) is 31.8 Å². The second-order valence-corrected chi connectivity index (χ2v) is 7.64. The Bertz CT molecular complexity index is 789. The normalized spacial score (nSPS) is 18.0. The van der Waals surface area contributed by atoms with Crippen LogP contribution in [0.1, 0.15) is 19.8 Å². The largest absolute Gasteiger partial charge is 0.351 e. The third-order valence-electron chi connectivity index (χ3n) is 4.96. The summed E-state index contributed by atoms with van der Waals surface area (Å²) in [5.74, 6) is 0.782. The molecule has 1 aromatic carbocycles. The summed E-state index contributed by atoms with van der Waals surface area (Å²) in [6.07, 6.45) is 3.85. The minimum Gasteiger partial charge on any atom is -0.351 e. The second-order valence-electron chi connectivity index (χ2n) is 6.80. The lowest BCUT2D eigenvalue weighted by Gasteiger charge is -2.31. The number of hydrogen-bond donors (Lipinski definition) is 1. The molecule has 1 aliphatic rings. The third kappa shape index (κ3) is 4.89. The lowest BCUT2D eigenvalue weighted by Crippen LogP contribution is -2.46. The number of carbonyl (C=O) groups is 1. The molecule has 2 heterocycles. The Kier molecular flexibility index (Phi) is 6.52. The lowest BCUT2D eigenvalue weighted by atomic mass is 10.1. The van der Waals surface area contributed by atoms with Crippen LogP contribution >= 0.6 is 23.2 Å². The van der Waals surface area contributed by atoms with Crippen molar-refractivity contribution in [1.29, 1.82) is 0 Å². The van der Waals surface area contributed by atoms with Crippen molar-refractivity contribution in [2.75, 3.05) is 30.4 Å². The van der Waals surface area contributed by atoms with E-state index in [2.05, 4.69) is 25.3 Å². The fourth-order valence-electron chi connectivity index (χ4n) is 3.29. The fraction of sp³-hybridized carbons (Fsp3) is 0.421. The minimum atomic E-state index is -0.305. The van der Waals surface area contributed by atoms with Crippen molar-refractivity contribution in [3.05, 3.63) is 46.6 Å². The van der Waals surface area contributed by atoms with Gasteiger partial charge in [-0.3, -0.25) is 9.69 Å². The zero-order valence-electron chi connectivity index (χ0n) is 15.4. The number of anilines is 2. The third-order valence-corrected chi connectivity index (χ3v) is 5.51. The molecule has 27 heavy (non-hydrogen) atoms. The average molecular weight is 408 g/mol. The van der Waals surface area contributed by atoms with E-state index >= 15 is 0 Å². The standard InChI is InChI=1S/C19H23Cl2N5O/c1-13(19(27)23-17-8-7-14(20)11-16(17)21)25(2)12-15-5-4-10-26(15)18-6-3-9-22-24-18/h3,6-9,11,13,15H,4-5,10,12H2,1-2H3,(H,23,27). The van der Waals surface area contributed by atoms with Crippen LogP contribution in [-0.2, 0) is 4.79 Å². The van der Waals surface area contributed by atoms with Crippen molar-refractivity contribution in [3.8, 4) is 0 Å². The van der Waals surface area contributed by atoms with Crippen LogP contribution in [0.4, 0.5) is 11.5 Å². The Hall–Kier alpha value is -1.89. The van der Waals surface area contributed by atoms with Gasteiger partial charge in [0.2, 0.25) is 5.91 Å². The number of aromatic nitrogens is 2. The van der Waals surface area contributed by atoms with E-state index in [1.54, 1.807) is 24.4 Å². The highest BCUT2D eigenvalue weighted by molar-refractivity contribution is 6.36. The highest BCUT2D eigenvalue weighted by Gasteiger charge is 2.29. The molecule has 0 radical (unpaired) electrons. The summed E-state index contributed by atoms with van der Waals surface area (Å²) < 4.78 is 0. The van der Waals surface area contributed by atoms with Gasteiger partial charge in [0, 0.05) is 30.4 Å². The monoisotopic (exact) mass is 407 g/mol. The van der Waals surface area contributed by atoms with Crippen molar-refractivity contribution in [3.63, 3.8) is 0 Å². The van der Waals surface area contributed by atoms with Crippen LogP contribution in [-0.4, -0.2) is 53.2 Å². The van der Waals surface area contributed by atoms with Gasteiger partial charge in [0.1, 0.15) is 0 Å². The van der Waals surface area contributed by atoms with Crippen molar-refractivity contribution >= 4 is 40.6 Å². The molecule has 1 amide bonds. The summed E-state index contributed by atoms with van der Waals surface area (Å²) in [4.78, 5) is 17.0. The first kappa shape index (κ1) is 19.9. The zero-order chi connectivity index (χ0) is 19.4. The van der Waals surface area contributed by atoms with Gasteiger partial charge in [-0.15, -0.1) is 5.10 Å². The summed E-state index contributed by atoms with van der Waals surface area (Å²) in [7, 11) is 1.96. The molecule has 1 aromatic heterocycles. The maximum absolute atomic E-state index is 12.6. The Balaban J connectivity index is 1.61. The number of benzene rings is 1. The molecular weight excluding hydrogens is 385 g/mol. The molecule has 1 fully saturated rings. The molecule has 1 aliphatic heterocycles. The predicted molar refractivity (Wildman–Crippen MR) is 110 cm³/mol. The first-order chi connectivity index (χ1) is 13.0. The van der Waals surface area contributed by atoms with Gasteiger partial charge in [-0.25, -0.2) is 0 Å². The smallest absolute Gasteiger partial charge is 0.241 e. The van der Waals surface area contributed by atoms with E-state index in [0.717, 1.165) is 31.7 Å². The van der Waals surface area contributed by atoms with E-state index in [-0.39, 0.29) is 11.9 Å². The molecule has 2 atom stereocenters. The first-order valence-corrected chi connectivity index (χ1v) is 9.72. The Labute approximate surface area is 169 Å². The molecule has 0 bridgehead atoms. The molecule has 6 nitrogen and oxygen atoms in total. The van der Waals surface area contributed by atoms with E-state index < -0.39 is 0 Å². The summed E-state index contributed by atoms with van der Waals surface area (Å²) in [6.45, 7) is 3.61. The topological polar surface area (TPSA) is 61.4 Å². The summed E-state index contributed by atoms with van der Waals surface area (Å²) >= 11 is 12.1. The number of amides is 1. The van der Waals surface area contributed by atoms with E-state index in [9.17, 15) is 4.79 Å². The van der Waals surface area contributed by atoms with Crippen LogP contribution in [0.3, 0.4) is 0 Å². The number of halogens is 2. The fourth-order valence-corrected chi connectivity index (χ4v) is 3.75. The van der Waals surface area contributed by atoms with E-state index in [1.165, 1.54) is 0 Å². The summed E-state index contributed by atoms with van der Waals surface area (Å²) in [5.41, 5.74) is 0.563. The van der Waals surface area contributed by atoms with Crippen molar-refractivity contribution in [1.82, 2.24) is 15.1 Å². The number of rotatable bonds is 6. The number of nitrogens with zero attached hydrogens (tertiary/aromatic N) is 4. The molecule has 0 spiro atoms. The van der Waals surface area contributed by atoms with Crippen LogP contribution in [0.15, 0.2) is 36.5 Å². The van der Waals surface area contributed by atoms with E-state index in [4.69, 9.17) is 23.2 Å². The molecule has 0 aliphatic carbocycles. The maximum Gasteiger partial charge on any atom is 0.241 e. The molecule has 1 N–H and O–H groups in total. The molecule has 2 unspecified atom stereocenters. The van der Waals surface area contributed by atoms with Gasteiger partial charge >= 0.3 is 0 Å². The van der Waals surface area contributed by atoms with Gasteiger partial charge in [-0.1, -0.05) is 23.2 Å². The first-order valence-electron chi connectivity index (χ1n) is 8.96. The van der Waals surface area contributed by atoms with Crippen LogP contribution in [0.5, 0.6) is 0 Å². The Morgan fingerprint density at radius 3 is 2.93 bits per heavy atom. The van der Waals surface area contributed by atoms with Crippen LogP contribution < -0.4 is 10.2 Å². The van der Waals surface area contributed by atoms with Crippen LogP contribution in [0.2, 0.25) is 10.0 Å². The van der Waals surface area contributed by atoms with Gasteiger partial charge in [0.25, 0.3) is 0 Å². The van der Waals surface area contributed by atoms with Gasteiger partial charge in [-0.2, -0.15) is 5.10 Å². The molecule has 2 aromatic rings. The van der Waals surface area contributed by atoms with Crippen molar-refractivity contribution < 1.29 is 4.79 Å². The zero-order valence-corrected chi connectivity index (χ0v) is 16.9. The number of nitrogens with one attached hydrogen (secondary N) is 1. The molecule has 0 saturated carbocycles. The van der Waals surface area contributed by atoms with Crippen LogP contribution in [0, 0.1) is 0 Å². The van der Waals surface area contributed by atoms with E-state index in [1.807, 2.05) is 26.1 Å². The Morgan fingerprint density at radius 2 is 2.22 bits per heavy atom. The van der Waals surface area contributed by atoms with Gasteiger partial charge in [0.05, 0.1) is 16.8 Å². The van der Waals surface area contributed by atoms with Crippen molar-refractivity contribution in [2.24, 2.45) is 0 Å². The molecule has 1 saturated heterocycles. The highest BCUT2D eigenvalue weighted by Crippen LogP contribution is 2.26. The number of likely N-dealkylation sites (N-methyl/N-ethyl adjacent to an activating group) is 1. The molecule has 144 valence electrons. The summed E-state index contributed by atoms with van der Waals surface area (Å²) in [5, 5.41) is 12.0. The Morgan fingerprint density at radius 1 is 1.41 bits per heavy atom. The number of hydrogen-bond acceptors (Lipinski definition) is 5. The molecular formula is C19H23Cl2N5O. The number of carbonyl (C=O) groups excluding carboxylic acids is 1. The van der Waals surface area contributed by atoms with Gasteiger partial charge in [-0.05, 0) is 57.1 Å².